The molecule has 0 saturated heterocycles. The molecule has 0 radical (unpaired) electrons. The van der Waals surface area contributed by atoms with Gasteiger partial charge >= 0.3 is 11.9 Å². The number of nitrogens with one attached hydrogen (secondary N) is 1. The lowest BCUT2D eigenvalue weighted by Gasteiger charge is -2.13. The number of aldehydes is 1. The molecule has 31 heavy (non-hydrogen) atoms. The summed E-state index contributed by atoms with van der Waals surface area (Å²) in [5, 5.41) is 2.69. The number of anilines is 1. The first-order valence-electron chi connectivity index (χ1n) is 9.34. The fourth-order valence-corrected chi connectivity index (χ4v) is 2.93. The average Bonchev–Trinajstić information content (AvgIpc) is 2.73. The predicted octanol–water partition coefficient (Wildman–Crippen LogP) is 4.27. The topological polar surface area (TPSA) is 98.8 Å². The van der Waals surface area contributed by atoms with Crippen LogP contribution in [-0.2, 0) is 9.59 Å². The Morgan fingerprint density at radius 1 is 0.806 bits per heavy atom. The van der Waals surface area contributed by atoms with Crippen LogP contribution >= 0.6 is 0 Å². The molecule has 0 spiro atoms. The highest BCUT2D eigenvalue weighted by molar-refractivity contribution is 6.08. The standard InChI is InChI=1S/C24H19NO6/c1-15(27)30-20-10-11-21(23(13-20)31-16(2)28)24(29)25-22-12-18(8-9-19(22)14-26)17-6-4-3-5-7-17/h3-14H,1-2H3,(H,25,29). The molecule has 0 aliphatic rings. The second-order valence-electron chi connectivity index (χ2n) is 6.59. The molecular weight excluding hydrogens is 398 g/mol. The molecule has 3 rings (SSSR count). The smallest absolute Gasteiger partial charge is 0.308 e. The zero-order valence-corrected chi connectivity index (χ0v) is 16.9. The van der Waals surface area contributed by atoms with E-state index in [9.17, 15) is 19.2 Å². The molecular formula is C24H19NO6. The van der Waals surface area contributed by atoms with Crippen molar-refractivity contribution in [3.8, 4) is 22.6 Å². The van der Waals surface area contributed by atoms with E-state index in [1.54, 1.807) is 18.2 Å². The predicted molar refractivity (Wildman–Crippen MR) is 114 cm³/mol. The lowest BCUT2D eigenvalue weighted by Crippen LogP contribution is -2.16. The summed E-state index contributed by atoms with van der Waals surface area (Å²) in [4.78, 5) is 47.1. The van der Waals surface area contributed by atoms with Gasteiger partial charge in [0.1, 0.15) is 11.5 Å². The number of ether oxygens (including phenoxy) is 2. The van der Waals surface area contributed by atoms with Crippen LogP contribution in [0.1, 0.15) is 34.6 Å². The molecule has 0 bridgehead atoms. The molecule has 0 aromatic heterocycles. The van der Waals surface area contributed by atoms with Crippen molar-refractivity contribution in [2.24, 2.45) is 0 Å². The van der Waals surface area contributed by atoms with Gasteiger partial charge in [0, 0.05) is 25.5 Å². The first kappa shape index (κ1) is 21.4. The van der Waals surface area contributed by atoms with Crippen molar-refractivity contribution >= 4 is 29.8 Å². The van der Waals surface area contributed by atoms with Gasteiger partial charge in [-0.3, -0.25) is 19.2 Å². The first-order chi connectivity index (χ1) is 14.9. The largest absolute Gasteiger partial charge is 0.427 e. The highest BCUT2D eigenvalue weighted by Crippen LogP contribution is 2.29. The van der Waals surface area contributed by atoms with Crippen LogP contribution < -0.4 is 14.8 Å². The Hall–Kier alpha value is -4.26. The van der Waals surface area contributed by atoms with E-state index in [1.165, 1.54) is 32.0 Å². The van der Waals surface area contributed by atoms with Crippen molar-refractivity contribution in [1.29, 1.82) is 0 Å². The monoisotopic (exact) mass is 417 g/mol. The van der Waals surface area contributed by atoms with Crippen LogP contribution in [0.3, 0.4) is 0 Å². The van der Waals surface area contributed by atoms with E-state index in [1.807, 2.05) is 30.3 Å². The van der Waals surface area contributed by atoms with E-state index < -0.39 is 17.8 Å². The summed E-state index contributed by atoms with van der Waals surface area (Å²) in [5.41, 5.74) is 2.36. The Bertz CT molecular complexity index is 1150. The van der Waals surface area contributed by atoms with Gasteiger partial charge in [0.05, 0.1) is 11.3 Å². The van der Waals surface area contributed by atoms with Crippen LogP contribution in [0.4, 0.5) is 5.69 Å². The maximum absolute atomic E-state index is 12.9. The molecule has 0 aliphatic carbocycles. The van der Waals surface area contributed by atoms with Gasteiger partial charge in [0.25, 0.3) is 5.91 Å². The summed E-state index contributed by atoms with van der Waals surface area (Å²) in [6.07, 6.45) is 0.640. The first-order valence-corrected chi connectivity index (χ1v) is 9.34. The van der Waals surface area contributed by atoms with Gasteiger partial charge in [0.15, 0.2) is 6.29 Å². The maximum Gasteiger partial charge on any atom is 0.308 e. The number of carbonyl (C=O) groups excluding carboxylic acids is 4. The summed E-state index contributed by atoms with van der Waals surface area (Å²) in [6.45, 7) is 2.42. The minimum atomic E-state index is -0.645. The van der Waals surface area contributed by atoms with E-state index in [4.69, 9.17) is 9.47 Å². The number of esters is 2. The molecule has 0 aliphatic heterocycles. The van der Waals surface area contributed by atoms with E-state index in [0.29, 0.717) is 17.5 Å². The Balaban J connectivity index is 1.96. The van der Waals surface area contributed by atoms with Crippen LogP contribution in [0.2, 0.25) is 0 Å². The molecule has 0 unspecified atom stereocenters. The van der Waals surface area contributed by atoms with Gasteiger partial charge in [-0.15, -0.1) is 0 Å². The lowest BCUT2D eigenvalue weighted by molar-refractivity contribution is -0.132. The molecule has 0 fully saturated rings. The van der Waals surface area contributed by atoms with Crippen molar-refractivity contribution < 1.29 is 28.7 Å². The third-order valence-corrected chi connectivity index (χ3v) is 4.25. The van der Waals surface area contributed by atoms with Crippen molar-refractivity contribution in [2.45, 2.75) is 13.8 Å². The Kier molecular flexibility index (Phi) is 6.57. The third kappa shape index (κ3) is 5.42. The van der Waals surface area contributed by atoms with Crippen molar-refractivity contribution in [1.82, 2.24) is 0 Å². The second-order valence-corrected chi connectivity index (χ2v) is 6.59. The Labute approximate surface area is 178 Å². The third-order valence-electron chi connectivity index (χ3n) is 4.25. The molecule has 0 atom stereocenters. The van der Waals surface area contributed by atoms with Gasteiger partial charge in [0.2, 0.25) is 0 Å². The molecule has 1 N–H and O–H groups in total. The SMILES string of the molecule is CC(=O)Oc1ccc(C(=O)Nc2cc(-c3ccccc3)ccc2C=O)c(OC(C)=O)c1. The van der Waals surface area contributed by atoms with Gasteiger partial charge in [-0.2, -0.15) is 0 Å². The van der Waals surface area contributed by atoms with Crippen LogP contribution in [-0.4, -0.2) is 24.1 Å². The van der Waals surface area contributed by atoms with E-state index in [-0.39, 0.29) is 17.1 Å². The van der Waals surface area contributed by atoms with Crippen LogP contribution in [0.15, 0.2) is 66.7 Å². The fourth-order valence-electron chi connectivity index (χ4n) is 2.93. The van der Waals surface area contributed by atoms with Gasteiger partial charge in [-0.1, -0.05) is 36.4 Å². The summed E-state index contributed by atoms with van der Waals surface area (Å²) >= 11 is 0. The van der Waals surface area contributed by atoms with Gasteiger partial charge in [-0.05, 0) is 35.4 Å². The molecule has 0 heterocycles. The van der Waals surface area contributed by atoms with Gasteiger partial charge in [-0.25, -0.2) is 0 Å². The second kappa shape index (κ2) is 9.49. The Morgan fingerprint density at radius 3 is 2.16 bits per heavy atom. The summed E-state index contributed by atoms with van der Waals surface area (Å²) < 4.78 is 10.1. The number of hydrogen-bond donors (Lipinski definition) is 1. The molecule has 156 valence electrons. The highest BCUT2D eigenvalue weighted by atomic mass is 16.5. The van der Waals surface area contributed by atoms with Crippen molar-refractivity contribution in [3.05, 3.63) is 77.9 Å². The highest BCUT2D eigenvalue weighted by Gasteiger charge is 2.18. The van der Waals surface area contributed by atoms with Gasteiger partial charge < -0.3 is 14.8 Å². The lowest BCUT2D eigenvalue weighted by atomic mass is 10.0. The molecule has 7 nitrogen and oxygen atoms in total. The van der Waals surface area contributed by atoms with Crippen LogP contribution in [0.5, 0.6) is 11.5 Å². The zero-order valence-electron chi connectivity index (χ0n) is 16.9. The zero-order chi connectivity index (χ0) is 22.4. The van der Waals surface area contributed by atoms with E-state index >= 15 is 0 Å². The summed E-state index contributed by atoms with van der Waals surface area (Å²) in [7, 11) is 0. The molecule has 7 heteroatoms. The number of benzene rings is 3. The number of amides is 1. The summed E-state index contributed by atoms with van der Waals surface area (Å²) in [6, 6.07) is 18.6. The number of carbonyl (C=O) groups is 4. The molecule has 1 amide bonds. The van der Waals surface area contributed by atoms with E-state index in [2.05, 4.69) is 5.32 Å². The minimum absolute atomic E-state index is 0.0352. The minimum Gasteiger partial charge on any atom is -0.427 e. The quantitative estimate of drug-likeness (QED) is 0.365. The van der Waals surface area contributed by atoms with Crippen LogP contribution in [0, 0.1) is 0 Å². The Morgan fingerprint density at radius 2 is 1.52 bits per heavy atom. The molecule has 3 aromatic rings. The maximum atomic E-state index is 12.9. The van der Waals surface area contributed by atoms with E-state index in [0.717, 1.165) is 11.1 Å². The summed E-state index contributed by atoms with van der Waals surface area (Å²) in [5.74, 6) is -1.75. The normalized spacial score (nSPS) is 10.1. The number of hydrogen-bond acceptors (Lipinski definition) is 6. The average molecular weight is 417 g/mol. The van der Waals surface area contributed by atoms with Crippen LogP contribution in [0.25, 0.3) is 11.1 Å². The fraction of sp³-hybridized carbons (Fsp3) is 0.0833. The molecule has 0 saturated carbocycles. The number of rotatable bonds is 6. The molecule has 3 aromatic carbocycles. The van der Waals surface area contributed by atoms with Crippen molar-refractivity contribution in [3.63, 3.8) is 0 Å². The van der Waals surface area contributed by atoms with Crippen molar-refractivity contribution in [2.75, 3.05) is 5.32 Å².